The molecule has 0 aliphatic rings. The molecule has 4 heteroatoms. The molecule has 4 nitrogen and oxygen atoms in total. The number of nitriles is 1. The van der Waals surface area contributed by atoms with Gasteiger partial charge in [0.05, 0.1) is 11.6 Å². The van der Waals surface area contributed by atoms with Gasteiger partial charge in [-0.05, 0) is 37.6 Å². The summed E-state index contributed by atoms with van der Waals surface area (Å²) in [6, 6.07) is 8.89. The van der Waals surface area contributed by atoms with Crippen molar-refractivity contribution < 1.29 is 4.79 Å². The molecule has 0 saturated carbocycles. The van der Waals surface area contributed by atoms with Gasteiger partial charge in [-0.1, -0.05) is 6.07 Å². The first kappa shape index (κ1) is 12.2. The van der Waals surface area contributed by atoms with Crippen molar-refractivity contribution in [2.24, 2.45) is 5.73 Å². The van der Waals surface area contributed by atoms with Crippen LogP contribution in [0.3, 0.4) is 0 Å². The maximum absolute atomic E-state index is 11.5. The summed E-state index contributed by atoms with van der Waals surface area (Å²) in [5.74, 6) is -0.0384. The van der Waals surface area contributed by atoms with Crippen LogP contribution in [-0.4, -0.2) is 12.5 Å². The van der Waals surface area contributed by atoms with E-state index in [1.54, 1.807) is 24.3 Å². The number of carbonyl (C=O) groups excluding carboxylic acids is 1. The van der Waals surface area contributed by atoms with Crippen molar-refractivity contribution in [2.45, 2.75) is 19.3 Å². The summed E-state index contributed by atoms with van der Waals surface area (Å²) in [4.78, 5) is 11.5. The number of carbonyl (C=O) groups is 1. The third-order valence-corrected chi connectivity index (χ3v) is 2.13. The summed E-state index contributed by atoms with van der Waals surface area (Å²) in [5, 5.41) is 11.4. The van der Waals surface area contributed by atoms with E-state index in [0.717, 1.165) is 12.8 Å². The molecule has 0 heterocycles. The second-order valence-electron chi connectivity index (χ2n) is 3.49. The number of anilines is 1. The van der Waals surface area contributed by atoms with E-state index in [0.29, 0.717) is 24.2 Å². The van der Waals surface area contributed by atoms with Crippen LogP contribution in [-0.2, 0) is 4.79 Å². The quantitative estimate of drug-likeness (QED) is 0.735. The number of unbranched alkanes of at least 4 members (excludes halogenated alkanes) is 1. The first-order valence-corrected chi connectivity index (χ1v) is 5.26. The first-order chi connectivity index (χ1) is 7.76. The average molecular weight is 217 g/mol. The van der Waals surface area contributed by atoms with Crippen molar-refractivity contribution >= 4 is 11.6 Å². The summed E-state index contributed by atoms with van der Waals surface area (Å²) < 4.78 is 0. The molecule has 0 aromatic heterocycles. The van der Waals surface area contributed by atoms with Crippen molar-refractivity contribution in [3.05, 3.63) is 29.8 Å². The van der Waals surface area contributed by atoms with E-state index in [2.05, 4.69) is 5.32 Å². The molecular weight excluding hydrogens is 202 g/mol. The van der Waals surface area contributed by atoms with Gasteiger partial charge in [0.2, 0.25) is 5.91 Å². The molecule has 84 valence electrons. The molecule has 0 unspecified atom stereocenters. The summed E-state index contributed by atoms with van der Waals surface area (Å²) in [6.07, 6.45) is 2.11. The zero-order chi connectivity index (χ0) is 11.8. The standard InChI is InChI=1S/C12H15N3O/c13-7-2-1-6-12(16)15-11-5-3-4-10(8-11)9-14/h3-5,8H,1-2,6-7,13H2,(H,15,16). The zero-order valence-corrected chi connectivity index (χ0v) is 9.07. The summed E-state index contributed by atoms with van der Waals surface area (Å²) in [6.45, 7) is 0.608. The van der Waals surface area contributed by atoms with Gasteiger partial charge in [-0.15, -0.1) is 0 Å². The molecule has 16 heavy (non-hydrogen) atoms. The Morgan fingerprint density at radius 3 is 2.94 bits per heavy atom. The lowest BCUT2D eigenvalue weighted by Crippen LogP contribution is -2.12. The molecule has 0 bridgehead atoms. The number of amides is 1. The van der Waals surface area contributed by atoms with E-state index in [1.165, 1.54) is 0 Å². The molecule has 0 atom stereocenters. The highest BCUT2D eigenvalue weighted by Crippen LogP contribution is 2.10. The van der Waals surface area contributed by atoms with Crippen LogP contribution in [0.15, 0.2) is 24.3 Å². The molecule has 0 radical (unpaired) electrons. The topological polar surface area (TPSA) is 78.9 Å². The fraction of sp³-hybridized carbons (Fsp3) is 0.333. The summed E-state index contributed by atoms with van der Waals surface area (Å²) >= 11 is 0. The number of hydrogen-bond acceptors (Lipinski definition) is 3. The Hall–Kier alpha value is -1.86. The van der Waals surface area contributed by atoms with Crippen LogP contribution in [0.1, 0.15) is 24.8 Å². The molecule has 3 N–H and O–H groups in total. The highest BCUT2D eigenvalue weighted by Gasteiger charge is 2.02. The lowest BCUT2D eigenvalue weighted by molar-refractivity contribution is -0.116. The molecular formula is C12H15N3O. The minimum Gasteiger partial charge on any atom is -0.330 e. The van der Waals surface area contributed by atoms with E-state index in [4.69, 9.17) is 11.0 Å². The SMILES string of the molecule is N#Cc1cccc(NC(=O)CCCCN)c1. The predicted octanol–water partition coefficient (Wildman–Crippen LogP) is 1.63. The number of nitrogens with two attached hydrogens (primary N) is 1. The van der Waals surface area contributed by atoms with Crippen LogP contribution in [0.4, 0.5) is 5.69 Å². The van der Waals surface area contributed by atoms with Crippen molar-refractivity contribution in [2.75, 3.05) is 11.9 Å². The molecule has 0 aliphatic heterocycles. The normalized spacial score (nSPS) is 9.50. The van der Waals surface area contributed by atoms with Crippen LogP contribution >= 0.6 is 0 Å². The molecule has 0 fully saturated rings. The Balaban J connectivity index is 2.47. The fourth-order valence-electron chi connectivity index (χ4n) is 1.32. The van der Waals surface area contributed by atoms with Gasteiger partial charge in [0.1, 0.15) is 0 Å². The van der Waals surface area contributed by atoms with Crippen molar-refractivity contribution in [1.29, 1.82) is 5.26 Å². The van der Waals surface area contributed by atoms with Gasteiger partial charge in [0, 0.05) is 12.1 Å². The summed E-state index contributed by atoms with van der Waals surface area (Å²) in [7, 11) is 0. The number of rotatable bonds is 5. The Morgan fingerprint density at radius 2 is 2.25 bits per heavy atom. The Labute approximate surface area is 95.1 Å². The maximum atomic E-state index is 11.5. The highest BCUT2D eigenvalue weighted by atomic mass is 16.1. The molecule has 1 rings (SSSR count). The number of nitrogens with zero attached hydrogens (tertiary/aromatic N) is 1. The van der Waals surface area contributed by atoms with Gasteiger partial charge in [-0.3, -0.25) is 4.79 Å². The maximum Gasteiger partial charge on any atom is 0.224 e. The van der Waals surface area contributed by atoms with Gasteiger partial charge in [-0.25, -0.2) is 0 Å². The second kappa shape index (κ2) is 6.59. The third-order valence-electron chi connectivity index (χ3n) is 2.13. The molecule has 1 aromatic carbocycles. The van der Waals surface area contributed by atoms with Gasteiger partial charge >= 0.3 is 0 Å². The molecule has 0 spiro atoms. The van der Waals surface area contributed by atoms with Crippen LogP contribution in [0.25, 0.3) is 0 Å². The van der Waals surface area contributed by atoms with Gasteiger partial charge < -0.3 is 11.1 Å². The van der Waals surface area contributed by atoms with E-state index in [1.807, 2.05) is 6.07 Å². The third kappa shape index (κ3) is 4.11. The van der Waals surface area contributed by atoms with Crippen LogP contribution in [0.2, 0.25) is 0 Å². The van der Waals surface area contributed by atoms with Crippen molar-refractivity contribution in [1.82, 2.24) is 0 Å². The minimum atomic E-state index is -0.0384. The lowest BCUT2D eigenvalue weighted by atomic mass is 10.2. The van der Waals surface area contributed by atoms with E-state index in [-0.39, 0.29) is 5.91 Å². The van der Waals surface area contributed by atoms with Crippen LogP contribution in [0.5, 0.6) is 0 Å². The van der Waals surface area contributed by atoms with Crippen LogP contribution in [0, 0.1) is 11.3 Å². The Kier molecular flexibility index (Phi) is 5.03. The lowest BCUT2D eigenvalue weighted by Gasteiger charge is -2.04. The second-order valence-corrected chi connectivity index (χ2v) is 3.49. The number of nitrogens with one attached hydrogen (secondary N) is 1. The monoisotopic (exact) mass is 217 g/mol. The van der Waals surface area contributed by atoms with E-state index >= 15 is 0 Å². The number of benzene rings is 1. The Bertz CT molecular complexity index is 395. The largest absolute Gasteiger partial charge is 0.330 e. The van der Waals surface area contributed by atoms with Gasteiger partial charge in [0.25, 0.3) is 0 Å². The fourth-order valence-corrected chi connectivity index (χ4v) is 1.32. The van der Waals surface area contributed by atoms with Gasteiger partial charge in [0.15, 0.2) is 0 Å². The molecule has 0 saturated heterocycles. The number of hydrogen-bond donors (Lipinski definition) is 2. The van der Waals surface area contributed by atoms with E-state index in [9.17, 15) is 4.79 Å². The smallest absolute Gasteiger partial charge is 0.224 e. The predicted molar refractivity (Wildman–Crippen MR) is 62.7 cm³/mol. The first-order valence-electron chi connectivity index (χ1n) is 5.26. The van der Waals surface area contributed by atoms with Crippen molar-refractivity contribution in [3.63, 3.8) is 0 Å². The molecule has 1 aromatic rings. The van der Waals surface area contributed by atoms with Crippen LogP contribution < -0.4 is 11.1 Å². The zero-order valence-electron chi connectivity index (χ0n) is 9.07. The Morgan fingerprint density at radius 1 is 1.44 bits per heavy atom. The van der Waals surface area contributed by atoms with Crippen molar-refractivity contribution in [3.8, 4) is 6.07 Å². The van der Waals surface area contributed by atoms with Gasteiger partial charge in [-0.2, -0.15) is 5.26 Å². The minimum absolute atomic E-state index is 0.0384. The average Bonchev–Trinajstić information content (AvgIpc) is 2.29. The van der Waals surface area contributed by atoms with E-state index < -0.39 is 0 Å². The summed E-state index contributed by atoms with van der Waals surface area (Å²) in [5.41, 5.74) is 6.54. The molecule has 1 amide bonds. The molecule has 0 aliphatic carbocycles. The highest BCUT2D eigenvalue weighted by molar-refractivity contribution is 5.90.